The molecule has 0 aromatic heterocycles. The van der Waals surface area contributed by atoms with Crippen LogP contribution in [0.2, 0.25) is 0 Å². The molecule has 0 spiro atoms. The molecular weight excluding hydrogens is 186 g/mol. The Balaban J connectivity index is 2.13. The molecule has 0 amide bonds. The second kappa shape index (κ2) is 4.67. The van der Waals surface area contributed by atoms with Gasteiger partial charge in [-0.1, -0.05) is 18.6 Å². The van der Waals surface area contributed by atoms with Crippen molar-refractivity contribution in [1.29, 1.82) is 0 Å². The van der Waals surface area contributed by atoms with E-state index in [1.165, 1.54) is 24.8 Å². The summed E-state index contributed by atoms with van der Waals surface area (Å²) in [6.45, 7) is 0. The maximum atomic E-state index is 6.00. The summed E-state index contributed by atoms with van der Waals surface area (Å²) in [6.07, 6.45) is 4.82. The highest BCUT2D eigenvalue weighted by Crippen LogP contribution is 2.33. The van der Waals surface area contributed by atoms with E-state index in [-0.39, 0.29) is 0 Å². The fourth-order valence-corrected chi connectivity index (χ4v) is 2.43. The zero-order chi connectivity index (χ0) is 10.7. The van der Waals surface area contributed by atoms with Crippen LogP contribution in [0, 0.1) is 0 Å². The molecule has 1 aromatic carbocycles. The van der Waals surface area contributed by atoms with Gasteiger partial charge >= 0.3 is 0 Å². The molecule has 1 aliphatic rings. The lowest BCUT2D eigenvalue weighted by molar-refractivity contribution is 0.388. The third kappa shape index (κ3) is 2.51. The summed E-state index contributed by atoms with van der Waals surface area (Å²) in [7, 11) is 1.71. The molecule has 2 heteroatoms. The number of hydrogen-bond donors (Lipinski definition) is 1. The Labute approximate surface area is 91.4 Å². The highest BCUT2D eigenvalue weighted by atomic mass is 16.5. The minimum Gasteiger partial charge on any atom is -0.497 e. The molecule has 0 aliphatic heterocycles. The van der Waals surface area contributed by atoms with Gasteiger partial charge in [0.15, 0.2) is 0 Å². The minimum atomic E-state index is 0.384. The normalized spacial score (nSPS) is 26.3. The van der Waals surface area contributed by atoms with Gasteiger partial charge in [0.1, 0.15) is 5.75 Å². The van der Waals surface area contributed by atoms with Crippen molar-refractivity contribution in [2.24, 2.45) is 5.73 Å². The molecule has 15 heavy (non-hydrogen) atoms. The Morgan fingerprint density at radius 3 is 2.93 bits per heavy atom. The Morgan fingerprint density at radius 2 is 2.20 bits per heavy atom. The third-order valence-electron chi connectivity index (χ3n) is 3.28. The molecule has 0 unspecified atom stereocenters. The van der Waals surface area contributed by atoms with Crippen LogP contribution in [0.15, 0.2) is 24.3 Å². The van der Waals surface area contributed by atoms with Gasteiger partial charge in [-0.3, -0.25) is 0 Å². The lowest BCUT2D eigenvalue weighted by atomic mass is 9.82. The molecule has 0 radical (unpaired) electrons. The number of benzene rings is 1. The van der Waals surface area contributed by atoms with E-state index >= 15 is 0 Å². The van der Waals surface area contributed by atoms with Crippen LogP contribution < -0.4 is 10.5 Å². The van der Waals surface area contributed by atoms with Crippen molar-refractivity contribution in [2.45, 2.75) is 37.6 Å². The van der Waals surface area contributed by atoms with Crippen LogP contribution in [0.5, 0.6) is 5.75 Å². The minimum absolute atomic E-state index is 0.384. The van der Waals surface area contributed by atoms with Gasteiger partial charge < -0.3 is 10.5 Å². The van der Waals surface area contributed by atoms with Crippen LogP contribution >= 0.6 is 0 Å². The summed E-state index contributed by atoms with van der Waals surface area (Å²) in [5.74, 6) is 1.58. The molecule has 82 valence electrons. The third-order valence-corrected chi connectivity index (χ3v) is 3.28. The molecule has 2 rings (SSSR count). The zero-order valence-electron chi connectivity index (χ0n) is 9.28. The average Bonchev–Trinajstić information content (AvgIpc) is 2.29. The van der Waals surface area contributed by atoms with Crippen LogP contribution in [-0.4, -0.2) is 13.2 Å². The Morgan fingerprint density at radius 1 is 1.33 bits per heavy atom. The van der Waals surface area contributed by atoms with E-state index < -0.39 is 0 Å². The van der Waals surface area contributed by atoms with Crippen molar-refractivity contribution in [1.82, 2.24) is 0 Å². The number of ether oxygens (including phenoxy) is 1. The molecule has 1 aliphatic carbocycles. The first-order valence-electron chi connectivity index (χ1n) is 5.69. The summed E-state index contributed by atoms with van der Waals surface area (Å²) in [5, 5.41) is 0. The largest absolute Gasteiger partial charge is 0.497 e. The van der Waals surface area contributed by atoms with E-state index in [2.05, 4.69) is 18.2 Å². The van der Waals surface area contributed by atoms with Crippen molar-refractivity contribution in [3.05, 3.63) is 29.8 Å². The van der Waals surface area contributed by atoms with Gasteiger partial charge in [-0.15, -0.1) is 0 Å². The zero-order valence-corrected chi connectivity index (χ0v) is 9.28. The van der Waals surface area contributed by atoms with E-state index in [9.17, 15) is 0 Å². The second-order valence-electron chi connectivity index (χ2n) is 4.40. The number of nitrogens with two attached hydrogens (primary N) is 1. The van der Waals surface area contributed by atoms with E-state index in [0.717, 1.165) is 12.2 Å². The first kappa shape index (κ1) is 10.5. The van der Waals surface area contributed by atoms with Crippen molar-refractivity contribution in [3.63, 3.8) is 0 Å². The summed E-state index contributed by atoms with van der Waals surface area (Å²) in [5.41, 5.74) is 7.38. The average molecular weight is 205 g/mol. The van der Waals surface area contributed by atoms with Crippen LogP contribution in [0.1, 0.15) is 37.2 Å². The van der Waals surface area contributed by atoms with Gasteiger partial charge in [-0.05, 0) is 42.9 Å². The Bertz CT molecular complexity index is 324. The summed E-state index contributed by atoms with van der Waals surface area (Å²) in [6, 6.07) is 8.77. The topological polar surface area (TPSA) is 35.2 Å². The summed E-state index contributed by atoms with van der Waals surface area (Å²) in [4.78, 5) is 0. The van der Waals surface area contributed by atoms with Gasteiger partial charge in [0.05, 0.1) is 7.11 Å². The Hall–Kier alpha value is -1.02. The molecule has 0 heterocycles. The van der Waals surface area contributed by atoms with Gasteiger partial charge in [-0.25, -0.2) is 0 Å². The van der Waals surface area contributed by atoms with Crippen molar-refractivity contribution >= 4 is 0 Å². The van der Waals surface area contributed by atoms with E-state index in [1.54, 1.807) is 7.11 Å². The molecule has 0 saturated heterocycles. The van der Waals surface area contributed by atoms with Gasteiger partial charge in [0.2, 0.25) is 0 Å². The molecule has 1 aromatic rings. The standard InChI is InChI=1S/C13H19NO/c1-15-13-7-3-5-11(9-13)10-4-2-6-12(14)8-10/h3,5,7,9-10,12H,2,4,6,8,14H2,1H3/t10-,12-/m1/s1. The fourth-order valence-electron chi connectivity index (χ4n) is 2.43. The molecule has 2 atom stereocenters. The van der Waals surface area contributed by atoms with Crippen LogP contribution in [0.3, 0.4) is 0 Å². The first-order valence-corrected chi connectivity index (χ1v) is 5.69. The highest BCUT2D eigenvalue weighted by molar-refractivity contribution is 5.31. The maximum Gasteiger partial charge on any atom is 0.119 e. The highest BCUT2D eigenvalue weighted by Gasteiger charge is 2.20. The molecule has 2 N–H and O–H groups in total. The van der Waals surface area contributed by atoms with Crippen LogP contribution in [0.4, 0.5) is 0 Å². The predicted octanol–water partition coefficient (Wildman–Crippen LogP) is 2.68. The molecule has 1 fully saturated rings. The van der Waals surface area contributed by atoms with E-state index in [0.29, 0.717) is 12.0 Å². The lowest BCUT2D eigenvalue weighted by Crippen LogP contribution is -2.26. The molecular formula is C13H19NO. The quantitative estimate of drug-likeness (QED) is 0.805. The van der Waals surface area contributed by atoms with Gasteiger partial charge in [0.25, 0.3) is 0 Å². The monoisotopic (exact) mass is 205 g/mol. The van der Waals surface area contributed by atoms with Gasteiger partial charge in [-0.2, -0.15) is 0 Å². The number of rotatable bonds is 2. The summed E-state index contributed by atoms with van der Waals surface area (Å²) >= 11 is 0. The predicted molar refractivity (Wildman–Crippen MR) is 62.2 cm³/mol. The van der Waals surface area contributed by atoms with Crippen molar-refractivity contribution in [3.8, 4) is 5.75 Å². The lowest BCUT2D eigenvalue weighted by Gasteiger charge is -2.27. The van der Waals surface area contributed by atoms with Crippen molar-refractivity contribution < 1.29 is 4.74 Å². The fraction of sp³-hybridized carbons (Fsp3) is 0.538. The van der Waals surface area contributed by atoms with E-state index in [1.807, 2.05) is 6.07 Å². The number of hydrogen-bond acceptors (Lipinski definition) is 2. The Kier molecular flexibility index (Phi) is 3.27. The van der Waals surface area contributed by atoms with Crippen LogP contribution in [0.25, 0.3) is 0 Å². The number of methoxy groups -OCH3 is 1. The first-order chi connectivity index (χ1) is 7.29. The second-order valence-corrected chi connectivity index (χ2v) is 4.40. The van der Waals surface area contributed by atoms with E-state index in [4.69, 9.17) is 10.5 Å². The van der Waals surface area contributed by atoms with Crippen LogP contribution in [-0.2, 0) is 0 Å². The SMILES string of the molecule is COc1cccc([C@@H]2CCC[C@@H](N)C2)c1. The van der Waals surface area contributed by atoms with Crippen molar-refractivity contribution in [2.75, 3.05) is 7.11 Å². The smallest absolute Gasteiger partial charge is 0.119 e. The molecule has 0 bridgehead atoms. The van der Waals surface area contributed by atoms with Gasteiger partial charge in [0, 0.05) is 6.04 Å². The maximum absolute atomic E-state index is 6.00. The summed E-state index contributed by atoms with van der Waals surface area (Å²) < 4.78 is 5.24. The molecule has 1 saturated carbocycles. The molecule has 2 nitrogen and oxygen atoms in total.